The van der Waals surface area contributed by atoms with E-state index in [1.165, 1.54) is 0 Å². The number of hydrogen-bond acceptors (Lipinski definition) is 4. The first kappa shape index (κ1) is 14.8. The van der Waals surface area contributed by atoms with Gasteiger partial charge in [-0.3, -0.25) is 4.79 Å². The van der Waals surface area contributed by atoms with E-state index >= 15 is 0 Å². The topological polar surface area (TPSA) is 75.8 Å². The van der Waals surface area contributed by atoms with Crippen LogP contribution in [-0.4, -0.2) is 42.7 Å². The lowest BCUT2D eigenvalue weighted by Crippen LogP contribution is -2.41. The molecule has 0 atom stereocenters. The standard InChI is InChI=1S/C15H22N2O3/c1-20-13-5-3-2-4-12(13)10-17(8-9-18)14(19)15(11-16)6-7-15/h2-5,18H,6-11,16H2,1H3. The van der Waals surface area contributed by atoms with E-state index in [1.807, 2.05) is 24.3 Å². The van der Waals surface area contributed by atoms with Gasteiger partial charge in [-0.05, 0) is 18.9 Å². The van der Waals surface area contributed by atoms with Crippen molar-refractivity contribution in [1.29, 1.82) is 0 Å². The largest absolute Gasteiger partial charge is 0.496 e. The highest BCUT2D eigenvalue weighted by molar-refractivity contribution is 5.85. The Kier molecular flexibility index (Phi) is 4.62. The summed E-state index contributed by atoms with van der Waals surface area (Å²) < 4.78 is 5.31. The van der Waals surface area contributed by atoms with Crippen LogP contribution in [0.2, 0.25) is 0 Å². The van der Waals surface area contributed by atoms with Crippen LogP contribution < -0.4 is 10.5 Å². The first-order chi connectivity index (χ1) is 9.66. The van der Waals surface area contributed by atoms with Crippen LogP contribution in [0, 0.1) is 5.41 Å². The minimum Gasteiger partial charge on any atom is -0.496 e. The van der Waals surface area contributed by atoms with E-state index in [4.69, 9.17) is 10.5 Å². The second-order valence-corrected chi connectivity index (χ2v) is 5.25. The maximum absolute atomic E-state index is 12.5. The van der Waals surface area contributed by atoms with E-state index in [0.717, 1.165) is 24.2 Å². The Hall–Kier alpha value is -1.59. The van der Waals surface area contributed by atoms with Gasteiger partial charge in [-0.2, -0.15) is 0 Å². The summed E-state index contributed by atoms with van der Waals surface area (Å²) in [5, 5.41) is 9.19. The van der Waals surface area contributed by atoms with Gasteiger partial charge in [0.15, 0.2) is 0 Å². The SMILES string of the molecule is COc1ccccc1CN(CCO)C(=O)C1(CN)CC1. The molecule has 5 heteroatoms. The number of nitrogens with zero attached hydrogens (tertiary/aromatic N) is 1. The number of methoxy groups -OCH3 is 1. The minimum atomic E-state index is -0.392. The zero-order valence-electron chi connectivity index (χ0n) is 11.8. The molecule has 110 valence electrons. The van der Waals surface area contributed by atoms with E-state index in [9.17, 15) is 9.90 Å². The molecule has 1 aliphatic rings. The first-order valence-corrected chi connectivity index (χ1v) is 6.89. The Labute approximate surface area is 119 Å². The van der Waals surface area contributed by atoms with Gasteiger partial charge in [0.25, 0.3) is 0 Å². The highest BCUT2D eigenvalue weighted by Crippen LogP contribution is 2.46. The van der Waals surface area contributed by atoms with Gasteiger partial charge in [0.2, 0.25) is 5.91 Å². The lowest BCUT2D eigenvalue weighted by atomic mass is 10.0. The van der Waals surface area contributed by atoms with Crippen molar-refractivity contribution in [3.63, 3.8) is 0 Å². The van der Waals surface area contributed by atoms with Gasteiger partial charge in [0.05, 0.1) is 19.1 Å². The van der Waals surface area contributed by atoms with Crippen molar-refractivity contribution in [1.82, 2.24) is 4.90 Å². The van der Waals surface area contributed by atoms with Crippen molar-refractivity contribution in [3.8, 4) is 5.75 Å². The number of rotatable bonds is 7. The van der Waals surface area contributed by atoms with Gasteiger partial charge in [-0.25, -0.2) is 0 Å². The Balaban J connectivity index is 2.15. The summed E-state index contributed by atoms with van der Waals surface area (Å²) in [6.07, 6.45) is 1.69. The summed E-state index contributed by atoms with van der Waals surface area (Å²) in [6.45, 7) is 1.07. The summed E-state index contributed by atoms with van der Waals surface area (Å²) >= 11 is 0. The van der Waals surface area contributed by atoms with Crippen molar-refractivity contribution < 1.29 is 14.6 Å². The fraction of sp³-hybridized carbons (Fsp3) is 0.533. The quantitative estimate of drug-likeness (QED) is 0.772. The minimum absolute atomic E-state index is 0.0416. The molecule has 20 heavy (non-hydrogen) atoms. The Bertz CT molecular complexity index is 472. The van der Waals surface area contributed by atoms with Crippen molar-refractivity contribution in [2.24, 2.45) is 11.1 Å². The van der Waals surface area contributed by atoms with Gasteiger partial charge in [-0.1, -0.05) is 18.2 Å². The molecule has 1 saturated carbocycles. The normalized spacial score (nSPS) is 15.8. The number of ether oxygens (including phenoxy) is 1. The second-order valence-electron chi connectivity index (χ2n) is 5.25. The summed E-state index contributed by atoms with van der Waals surface area (Å²) in [6, 6.07) is 7.60. The summed E-state index contributed by atoms with van der Waals surface area (Å²) in [5.74, 6) is 0.792. The predicted octanol–water partition coefficient (Wildman–Crippen LogP) is 0.755. The predicted molar refractivity (Wildman–Crippen MR) is 76.2 cm³/mol. The van der Waals surface area contributed by atoms with Crippen LogP contribution >= 0.6 is 0 Å². The molecule has 5 nitrogen and oxygen atoms in total. The molecule has 1 aliphatic carbocycles. The number of para-hydroxylation sites is 1. The molecule has 1 aromatic rings. The van der Waals surface area contributed by atoms with E-state index in [-0.39, 0.29) is 12.5 Å². The van der Waals surface area contributed by atoms with Crippen LogP contribution in [-0.2, 0) is 11.3 Å². The lowest BCUT2D eigenvalue weighted by Gasteiger charge is -2.27. The third kappa shape index (κ3) is 2.94. The van der Waals surface area contributed by atoms with Crippen molar-refractivity contribution in [2.75, 3.05) is 26.8 Å². The van der Waals surface area contributed by atoms with Crippen LogP contribution in [0.4, 0.5) is 0 Å². The van der Waals surface area contributed by atoms with E-state index in [1.54, 1.807) is 12.0 Å². The third-order valence-corrected chi connectivity index (χ3v) is 3.91. The molecular weight excluding hydrogens is 256 g/mol. The number of benzene rings is 1. The molecule has 0 aliphatic heterocycles. The molecule has 3 N–H and O–H groups in total. The zero-order chi connectivity index (χ0) is 14.6. The maximum Gasteiger partial charge on any atom is 0.230 e. The van der Waals surface area contributed by atoms with E-state index in [2.05, 4.69) is 0 Å². The molecule has 0 heterocycles. The van der Waals surface area contributed by atoms with Gasteiger partial charge in [-0.15, -0.1) is 0 Å². The second kappa shape index (κ2) is 6.24. The Morgan fingerprint density at radius 3 is 2.70 bits per heavy atom. The number of carbonyl (C=O) groups is 1. The van der Waals surface area contributed by atoms with Crippen LogP contribution in [0.15, 0.2) is 24.3 Å². The summed E-state index contributed by atoms with van der Waals surface area (Å²) in [5.41, 5.74) is 6.26. The highest BCUT2D eigenvalue weighted by atomic mass is 16.5. The average Bonchev–Trinajstić information content (AvgIpc) is 3.27. The van der Waals surface area contributed by atoms with Gasteiger partial charge < -0.3 is 20.5 Å². The lowest BCUT2D eigenvalue weighted by molar-refractivity contribution is -0.137. The molecule has 1 amide bonds. The van der Waals surface area contributed by atoms with E-state index < -0.39 is 5.41 Å². The average molecular weight is 278 g/mol. The smallest absolute Gasteiger partial charge is 0.230 e. The number of carbonyl (C=O) groups excluding carboxylic acids is 1. The number of hydrogen-bond donors (Lipinski definition) is 2. The fourth-order valence-corrected chi connectivity index (χ4v) is 2.40. The van der Waals surface area contributed by atoms with Crippen molar-refractivity contribution in [2.45, 2.75) is 19.4 Å². The van der Waals surface area contributed by atoms with Crippen LogP contribution in [0.25, 0.3) is 0 Å². The van der Waals surface area contributed by atoms with Gasteiger partial charge in [0.1, 0.15) is 5.75 Å². The Morgan fingerprint density at radius 1 is 1.45 bits per heavy atom. The summed E-state index contributed by atoms with van der Waals surface area (Å²) in [4.78, 5) is 14.2. The van der Waals surface area contributed by atoms with Crippen LogP contribution in [0.3, 0.4) is 0 Å². The number of nitrogens with two attached hydrogens (primary N) is 1. The fourth-order valence-electron chi connectivity index (χ4n) is 2.40. The zero-order valence-corrected chi connectivity index (χ0v) is 11.8. The molecule has 1 fully saturated rings. The van der Waals surface area contributed by atoms with Gasteiger partial charge in [0, 0.05) is 25.2 Å². The van der Waals surface area contributed by atoms with Crippen molar-refractivity contribution in [3.05, 3.63) is 29.8 Å². The Morgan fingerprint density at radius 2 is 2.15 bits per heavy atom. The first-order valence-electron chi connectivity index (χ1n) is 6.89. The number of aliphatic hydroxyl groups excluding tert-OH is 1. The summed E-state index contributed by atoms with van der Waals surface area (Å²) in [7, 11) is 1.61. The maximum atomic E-state index is 12.5. The highest BCUT2D eigenvalue weighted by Gasteiger charge is 2.50. The molecule has 0 radical (unpaired) electrons. The molecule has 2 rings (SSSR count). The molecule has 0 spiro atoms. The number of aliphatic hydroxyl groups is 1. The molecule has 1 aromatic carbocycles. The molecule has 0 unspecified atom stereocenters. The molecule has 0 aromatic heterocycles. The van der Waals surface area contributed by atoms with E-state index in [0.29, 0.717) is 19.6 Å². The van der Waals surface area contributed by atoms with Crippen molar-refractivity contribution >= 4 is 5.91 Å². The molecular formula is C15H22N2O3. The number of amides is 1. The molecule has 0 saturated heterocycles. The van der Waals surface area contributed by atoms with Crippen LogP contribution in [0.5, 0.6) is 5.75 Å². The third-order valence-electron chi connectivity index (χ3n) is 3.91. The monoisotopic (exact) mass is 278 g/mol. The van der Waals surface area contributed by atoms with Gasteiger partial charge >= 0.3 is 0 Å². The van der Waals surface area contributed by atoms with Crippen LogP contribution in [0.1, 0.15) is 18.4 Å². The molecule has 0 bridgehead atoms.